The fourth-order valence-corrected chi connectivity index (χ4v) is 0.346. The first-order valence-electron chi connectivity index (χ1n) is 2.40. The van der Waals surface area contributed by atoms with Gasteiger partial charge in [0.25, 0.3) is 0 Å². The number of nitrogens with zero attached hydrogens (tertiary/aromatic N) is 2. The number of hydrogen-bond donors (Lipinski definition) is 1. The Hall–Kier alpha value is -0.400. The molecule has 0 amide bonds. The van der Waals surface area contributed by atoms with E-state index >= 15 is 0 Å². The minimum atomic E-state index is 0.729. The van der Waals surface area contributed by atoms with Crippen LogP contribution in [0.5, 0.6) is 0 Å². The molecule has 0 aromatic carbocycles. The highest BCUT2D eigenvalue weighted by Gasteiger charge is 2.00. The number of thiol groups is 1. The molecule has 3 heteroatoms. The van der Waals surface area contributed by atoms with Crippen molar-refractivity contribution < 1.29 is 0 Å². The molecule has 0 saturated heterocycles. The van der Waals surface area contributed by atoms with Gasteiger partial charge >= 0.3 is 5.17 Å². The van der Waals surface area contributed by atoms with Crippen LogP contribution in [0.15, 0.2) is 0 Å². The molecule has 0 unspecified atom stereocenters. The van der Waals surface area contributed by atoms with Crippen molar-refractivity contribution in [1.82, 2.24) is 9.57 Å². The standard InChI is InChI=1S/C5H10N2S/c1-4-6-5(8)7(2)3/h4H,1-3H3/p+1. The molecule has 0 aliphatic heterocycles. The van der Waals surface area contributed by atoms with Crippen LogP contribution in [0.25, 0.3) is 0 Å². The summed E-state index contributed by atoms with van der Waals surface area (Å²) in [5.74, 6) is 0. The molecule has 46 valence electrons. The molecular formula is C5H11N2S+. The molecule has 0 spiro atoms. The van der Waals surface area contributed by atoms with Gasteiger partial charge in [0.15, 0.2) is 6.21 Å². The van der Waals surface area contributed by atoms with E-state index in [-0.39, 0.29) is 0 Å². The number of amidine groups is 1. The molecule has 0 aromatic heterocycles. The van der Waals surface area contributed by atoms with Crippen LogP contribution in [-0.4, -0.2) is 30.4 Å². The van der Waals surface area contributed by atoms with Crippen LogP contribution in [0, 0.1) is 0 Å². The summed E-state index contributed by atoms with van der Waals surface area (Å²) in [6.45, 7) is 1.86. The van der Waals surface area contributed by atoms with Gasteiger partial charge in [-0.2, -0.15) is 0 Å². The van der Waals surface area contributed by atoms with Gasteiger partial charge in [0, 0.05) is 6.92 Å². The lowest BCUT2D eigenvalue weighted by Gasteiger charge is -1.93. The average Bonchev–Trinajstić information content (AvgIpc) is 1.67. The molecule has 0 aromatic rings. The zero-order valence-corrected chi connectivity index (χ0v) is 6.31. The van der Waals surface area contributed by atoms with Gasteiger partial charge in [-0.05, 0) is 12.6 Å². The van der Waals surface area contributed by atoms with E-state index in [0.29, 0.717) is 0 Å². The summed E-state index contributed by atoms with van der Waals surface area (Å²) in [6.07, 6.45) is 1.71. The van der Waals surface area contributed by atoms with Crippen LogP contribution in [0.3, 0.4) is 0 Å². The largest absolute Gasteiger partial charge is 0.402 e. The van der Waals surface area contributed by atoms with Gasteiger partial charge in [0.05, 0.1) is 14.1 Å². The van der Waals surface area contributed by atoms with Crippen LogP contribution in [0.2, 0.25) is 0 Å². The predicted molar refractivity (Wildman–Crippen MR) is 41.6 cm³/mol. The van der Waals surface area contributed by atoms with Crippen LogP contribution in [0.1, 0.15) is 6.92 Å². The van der Waals surface area contributed by atoms with Gasteiger partial charge in [0.1, 0.15) is 0 Å². The first-order valence-corrected chi connectivity index (χ1v) is 2.85. The van der Waals surface area contributed by atoms with Gasteiger partial charge < -0.3 is 0 Å². The van der Waals surface area contributed by atoms with Crippen molar-refractivity contribution in [2.75, 3.05) is 14.1 Å². The molecule has 0 N–H and O–H groups in total. The van der Waals surface area contributed by atoms with Crippen LogP contribution < -0.4 is 4.67 Å². The van der Waals surface area contributed by atoms with Gasteiger partial charge in [-0.3, -0.25) is 0 Å². The smallest absolute Gasteiger partial charge is 0.248 e. The first-order chi connectivity index (χ1) is 3.68. The maximum atomic E-state index is 4.05. The van der Waals surface area contributed by atoms with E-state index in [1.165, 1.54) is 0 Å². The number of rotatable bonds is 0. The zero-order valence-electron chi connectivity index (χ0n) is 5.42. The van der Waals surface area contributed by atoms with Crippen LogP contribution in [-0.2, 0) is 0 Å². The van der Waals surface area contributed by atoms with Crippen molar-refractivity contribution in [3.05, 3.63) is 0 Å². The molecule has 0 heterocycles. The molecule has 0 aliphatic carbocycles. The molecule has 0 radical (unpaired) electrons. The van der Waals surface area contributed by atoms with E-state index in [9.17, 15) is 0 Å². The topological polar surface area (TPSA) is 17.3 Å². The second-order valence-corrected chi connectivity index (χ2v) is 1.98. The SMILES string of the molecule is CC=[N+]=C(S)N(C)C. The summed E-state index contributed by atoms with van der Waals surface area (Å²) < 4.78 is 3.91. The maximum absolute atomic E-state index is 4.05. The molecule has 0 saturated carbocycles. The Morgan fingerprint density at radius 3 is 2.25 bits per heavy atom. The highest BCUT2D eigenvalue weighted by Crippen LogP contribution is 1.78. The van der Waals surface area contributed by atoms with Crippen molar-refractivity contribution in [2.24, 2.45) is 0 Å². The van der Waals surface area contributed by atoms with E-state index in [1.54, 1.807) is 6.21 Å². The Morgan fingerprint density at radius 2 is 2.12 bits per heavy atom. The molecule has 2 nitrogen and oxygen atoms in total. The van der Waals surface area contributed by atoms with Gasteiger partial charge in [-0.1, -0.05) is 0 Å². The lowest BCUT2D eigenvalue weighted by Crippen LogP contribution is -2.18. The second kappa shape index (κ2) is 3.58. The summed E-state index contributed by atoms with van der Waals surface area (Å²) >= 11 is 4.05. The molecule has 0 fully saturated rings. The highest BCUT2D eigenvalue weighted by molar-refractivity contribution is 7.96. The molecule has 0 atom stereocenters. The minimum Gasteiger partial charge on any atom is -0.248 e. The van der Waals surface area contributed by atoms with E-state index in [2.05, 4.69) is 17.3 Å². The molecule has 0 rings (SSSR count). The van der Waals surface area contributed by atoms with Gasteiger partial charge in [-0.15, -0.1) is 0 Å². The molecule has 0 aliphatic rings. The molecule has 8 heavy (non-hydrogen) atoms. The summed E-state index contributed by atoms with van der Waals surface area (Å²) in [6, 6.07) is 0. The van der Waals surface area contributed by atoms with Crippen LogP contribution >= 0.6 is 12.6 Å². The summed E-state index contributed by atoms with van der Waals surface area (Å²) in [5.41, 5.74) is 0. The first kappa shape index (κ1) is 7.60. The van der Waals surface area contributed by atoms with Crippen molar-refractivity contribution in [3.8, 4) is 0 Å². The van der Waals surface area contributed by atoms with Crippen LogP contribution in [0.4, 0.5) is 0 Å². The number of hydrogen-bond acceptors (Lipinski definition) is 0. The summed E-state index contributed by atoms with van der Waals surface area (Å²) in [5, 5.41) is 0.729. The minimum absolute atomic E-state index is 0.729. The molecule has 0 bridgehead atoms. The Bertz CT molecular complexity index is 122. The second-order valence-electron chi connectivity index (χ2n) is 1.58. The van der Waals surface area contributed by atoms with Gasteiger partial charge in [-0.25, -0.2) is 9.57 Å². The Kier molecular flexibility index (Phi) is 3.40. The lowest BCUT2D eigenvalue weighted by atomic mass is 10.9. The van der Waals surface area contributed by atoms with E-state index < -0.39 is 0 Å². The van der Waals surface area contributed by atoms with E-state index in [4.69, 9.17) is 0 Å². The van der Waals surface area contributed by atoms with Crippen molar-refractivity contribution >= 4 is 24.0 Å². The predicted octanol–water partition coefficient (Wildman–Crippen LogP) is -0.00830. The average molecular weight is 131 g/mol. The lowest BCUT2D eigenvalue weighted by molar-refractivity contribution is 0.636. The summed E-state index contributed by atoms with van der Waals surface area (Å²) in [7, 11) is 3.80. The normalized spacial score (nSPS) is 7.50. The monoisotopic (exact) mass is 131 g/mol. The van der Waals surface area contributed by atoms with Crippen molar-refractivity contribution in [3.63, 3.8) is 0 Å². The van der Waals surface area contributed by atoms with E-state index in [0.717, 1.165) is 5.17 Å². The Morgan fingerprint density at radius 1 is 1.62 bits per heavy atom. The molecular weight excluding hydrogens is 120 g/mol. The third kappa shape index (κ3) is 2.72. The Labute approximate surface area is 55.4 Å². The maximum Gasteiger partial charge on any atom is 0.402 e. The van der Waals surface area contributed by atoms with Crippen molar-refractivity contribution in [2.45, 2.75) is 6.92 Å². The van der Waals surface area contributed by atoms with Crippen molar-refractivity contribution in [1.29, 1.82) is 0 Å². The highest BCUT2D eigenvalue weighted by atomic mass is 32.1. The third-order valence-corrected chi connectivity index (χ3v) is 1.16. The summed E-state index contributed by atoms with van der Waals surface area (Å²) in [4.78, 5) is 1.84. The van der Waals surface area contributed by atoms with Gasteiger partial charge in [0.2, 0.25) is 0 Å². The fourth-order valence-electron chi connectivity index (χ4n) is 0.231. The third-order valence-electron chi connectivity index (χ3n) is 0.645. The quantitative estimate of drug-likeness (QED) is 0.212. The van der Waals surface area contributed by atoms with E-state index in [1.807, 2.05) is 25.9 Å². The Balaban J connectivity index is 4.01. The zero-order chi connectivity index (χ0) is 6.57. The fraction of sp³-hybridized carbons (Fsp3) is 0.600.